The summed E-state index contributed by atoms with van der Waals surface area (Å²) in [6.07, 6.45) is 3.09. The predicted octanol–water partition coefficient (Wildman–Crippen LogP) is 2.10. The lowest BCUT2D eigenvalue weighted by atomic mass is 10.2. The normalized spacial score (nSPS) is 23.1. The molecule has 1 aromatic rings. The van der Waals surface area contributed by atoms with E-state index in [4.69, 9.17) is 5.73 Å². The molecule has 0 amide bonds. The van der Waals surface area contributed by atoms with E-state index in [0.717, 1.165) is 25.0 Å². The molecule has 0 bridgehead atoms. The van der Waals surface area contributed by atoms with Gasteiger partial charge in [0.25, 0.3) is 0 Å². The van der Waals surface area contributed by atoms with Gasteiger partial charge in [-0.2, -0.15) is 11.8 Å². The van der Waals surface area contributed by atoms with Crippen molar-refractivity contribution in [3.8, 4) is 0 Å². The van der Waals surface area contributed by atoms with Crippen molar-refractivity contribution in [1.29, 1.82) is 0 Å². The van der Waals surface area contributed by atoms with Crippen LogP contribution in [-0.2, 0) is 16.6 Å². The zero-order chi connectivity index (χ0) is 14.6. The first-order valence-electron chi connectivity index (χ1n) is 7.00. The van der Waals surface area contributed by atoms with Crippen molar-refractivity contribution in [3.05, 3.63) is 29.8 Å². The summed E-state index contributed by atoms with van der Waals surface area (Å²) in [6, 6.07) is 6.98. The number of hydrogen-bond acceptors (Lipinski definition) is 4. The molecule has 0 heterocycles. The van der Waals surface area contributed by atoms with Crippen LogP contribution in [0.25, 0.3) is 0 Å². The zero-order valence-electron chi connectivity index (χ0n) is 11.7. The van der Waals surface area contributed by atoms with E-state index in [9.17, 15) is 8.42 Å². The summed E-state index contributed by atoms with van der Waals surface area (Å²) in [4.78, 5) is 0.314. The minimum atomic E-state index is -3.48. The van der Waals surface area contributed by atoms with Crippen molar-refractivity contribution in [1.82, 2.24) is 4.72 Å². The molecule has 2 atom stereocenters. The molecular weight excluding hydrogens is 292 g/mol. The highest BCUT2D eigenvalue weighted by Crippen LogP contribution is 2.31. The molecule has 0 saturated heterocycles. The summed E-state index contributed by atoms with van der Waals surface area (Å²) < 4.78 is 28.0. The molecule has 112 valence electrons. The van der Waals surface area contributed by atoms with Gasteiger partial charge in [-0.3, -0.25) is 0 Å². The third kappa shape index (κ3) is 3.55. The van der Waals surface area contributed by atoms with Crippen molar-refractivity contribution >= 4 is 21.8 Å². The highest BCUT2D eigenvalue weighted by molar-refractivity contribution is 8.00. The number of hydrogen-bond donors (Lipinski definition) is 2. The van der Waals surface area contributed by atoms with Gasteiger partial charge in [-0.1, -0.05) is 31.5 Å². The Hall–Kier alpha value is -0.560. The third-order valence-electron chi connectivity index (χ3n) is 3.62. The summed E-state index contributed by atoms with van der Waals surface area (Å²) >= 11 is 1.84. The number of benzene rings is 1. The molecule has 0 radical (unpaired) electrons. The summed E-state index contributed by atoms with van der Waals surface area (Å²) in [5.41, 5.74) is 6.30. The van der Waals surface area contributed by atoms with E-state index in [1.54, 1.807) is 18.2 Å². The first-order chi connectivity index (χ1) is 9.58. The topological polar surface area (TPSA) is 72.2 Å². The van der Waals surface area contributed by atoms with E-state index in [2.05, 4.69) is 11.6 Å². The van der Waals surface area contributed by atoms with Crippen molar-refractivity contribution < 1.29 is 8.42 Å². The van der Waals surface area contributed by atoms with Crippen LogP contribution in [-0.4, -0.2) is 25.5 Å². The van der Waals surface area contributed by atoms with Crippen LogP contribution in [0.2, 0.25) is 0 Å². The lowest BCUT2D eigenvalue weighted by molar-refractivity contribution is 0.554. The number of sulfonamides is 1. The van der Waals surface area contributed by atoms with E-state index < -0.39 is 10.0 Å². The van der Waals surface area contributed by atoms with Crippen molar-refractivity contribution in [2.45, 2.75) is 48.9 Å². The molecule has 4 nitrogen and oxygen atoms in total. The van der Waals surface area contributed by atoms with Crippen LogP contribution in [0.1, 0.15) is 31.7 Å². The predicted molar refractivity (Wildman–Crippen MR) is 84.2 cm³/mol. The Bertz CT molecular complexity index is 546. The molecule has 2 unspecified atom stereocenters. The SMILES string of the molecule is CCSC1CCCC1NS(=O)(=O)c1ccccc1CN. The van der Waals surface area contributed by atoms with Gasteiger partial charge < -0.3 is 5.73 Å². The molecule has 1 fully saturated rings. The maximum absolute atomic E-state index is 12.5. The van der Waals surface area contributed by atoms with Gasteiger partial charge >= 0.3 is 0 Å². The maximum atomic E-state index is 12.5. The van der Waals surface area contributed by atoms with Gasteiger partial charge in [-0.25, -0.2) is 13.1 Å². The highest BCUT2D eigenvalue weighted by Gasteiger charge is 2.31. The average molecular weight is 314 g/mol. The van der Waals surface area contributed by atoms with Crippen LogP contribution in [0.3, 0.4) is 0 Å². The molecular formula is C14H22N2O2S2. The van der Waals surface area contributed by atoms with E-state index in [1.807, 2.05) is 17.8 Å². The van der Waals surface area contributed by atoms with Gasteiger partial charge in [0.05, 0.1) is 4.90 Å². The largest absolute Gasteiger partial charge is 0.326 e. The summed E-state index contributed by atoms with van der Waals surface area (Å²) in [6.45, 7) is 2.34. The van der Waals surface area contributed by atoms with Crippen LogP contribution >= 0.6 is 11.8 Å². The molecule has 1 saturated carbocycles. The number of nitrogens with two attached hydrogens (primary N) is 1. The Kier molecular flexibility index (Phi) is 5.49. The van der Waals surface area contributed by atoms with E-state index in [1.165, 1.54) is 0 Å². The molecule has 6 heteroatoms. The molecule has 20 heavy (non-hydrogen) atoms. The fraction of sp³-hybridized carbons (Fsp3) is 0.571. The smallest absolute Gasteiger partial charge is 0.241 e. The number of nitrogens with one attached hydrogen (secondary N) is 1. The second-order valence-corrected chi connectivity index (χ2v) is 8.16. The van der Waals surface area contributed by atoms with Crippen molar-refractivity contribution in [2.24, 2.45) is 5.73 Å². The second-order valence-electron chi connectivity index (χ2n) is 4.96. The molecule has 0 aliphatic heterocycles. The minimum Gasteiger partial charge on any atom is -0.326 e. The molecule has 3 N–H and O–H groups in total. The first-order valence-corrected chi connectivity index (χ1v) is 9.53. The minimum absolute atomic E-state index is 0.0378. The number of thioether (sulfide) groups is 1. The van der Waals surface area contributed by atoms with Gasteiger partial charge in [0.1, 0.15) is 0 Å². The Labute approximate surface area is 125 Å². The van der Waals surface area contributed by atoms with Gasteiger partial charge in [0.2, 0.25) is 10.0 Å². The molecule has 0 aromatic heterocycles. The Morgan fingerprint density at radius 2 is 2.10 bits per heavy atom. The third-order valence-corrected chi connectivity index (χ3v) is 6.54. The average Bonchev–Trinajstić information content (AvgIpc) is 2.86. The van der Waals surface area contributed by atoms with Crippen molar-refractivity contribution in [3.63, 3.8) is 0 Å². The van der Waals surface area contributed by atoms with Gasteiger partial charge in [0.15, 0.2) is 0 Å². The van der Waals surface area contributed by atoms with E-state index in [0.29, 0.717) is 15.7 Å². The van der Waals surface area contributed by atoms with Crippen LogP contribution in [0.4, 0.5) is 0 Å². The lowest BCUT2D eigenvalue weighted by Gasteiger charge is -2.21. The van der Waals surface area contributed by atoms with Crippen LogP contribution < -0.4 is 10.5 Å². The maximum Gasteiger partial charge on any atom is 0.241 e. The van der Waals surface area contributed by atoms with Gasteiger partial charge in [0, 0.05) is 17.8 Å². The Balaban J connectivity index is 2.18. The standard InChI is InChI=1S/C14H22N2O2S2/c1-2-19-13-8-5-7-12(13)16-20(17,18)14-9-4-3-6-11(14)10-15/h3-4,6,9,12-13,16H,2,5,7-8,10,15H2,1H3. The zero-order valence-corrected chi connectivity index (χ0v) is 13.3. The van der Waals surface area contributed by atoms with Crippen molar-refractivity contribution in [2.75, 3.05) is 5.75 Å². The van der Waals surface area contributed by atoms with Crippen LogP contribution in [0, 0.1) is 0 Å². The second kappa shape index (κ2) is 6.93. The summed E-state index contributed by atoms with van der Waals surface area (Å²) in [5.74, 6) is 1.02. The Morgan fingerprint density at radius 1 is 1.35 bits per heavy atom. The summed E-state index contributed by atoms with van der Waals surface area (Å²) in [7, 11) is -3.48. The molecule has 1 aromatic carbocycles. The Morgan fingerprint density at radius 3 is 2.80 bits per heavy atom. The van der Waals surface area contributed by atoms with Crippen LogP contribution in [0.5, 0.6) is 0 Å². The van der Waals surface area contributed by atoms with E-state index >= 15 is 0 Å². The number of rotatable bonds is 6. The fourth-order valence-corrected chi connectivity index (χ4v) is 5.52. The van der Waals surface area contributed by atoms with Gasteiger partial charge in [-0.15, -0.1) is 0 Å². The van der Waals surface area contributed by atoms with Gasteiger partial charge in [-0.05, 0) is 30.2 Å². The fourth-order valence-electron chi connectivity index (χ4n) is 2.67. The monoisotopic (exact) mass is 314 g/mol. The van der Waals surface area contributed by atoms with E-state index in [-0.39, 0.29) is 12.6 Å². The summed E-state index contributed by atoms with van der Waals surface area (Å²) in [5, 5.41) is 0.389. The quantitative estimate of drug-likeness (QED) is 0.843. The first kappa shape index (κ1) is 15.8. The molecule has 0 spiro atoms. The lowest BCUT2D eigenvalue weighted by Crippen LogP contribution is -2.39. The van der Waals surface area contributed by atoms with Crippen LogP contribution in [0.15, 0.2) is 29.2 Å². The highest BCUT2D eigenvalue weighted by atomic mass is 32.2. The molecule has 1 aliphatic carbocycles. The molecule has 1 aliphatic rings. The molecule has 2 rings (SSSR count).